The fourth-order valence-electron chi connectivity index (χ4n) is 4.07. The number of hydrogen-bond donors (Lipinski definition) is 0. The van der Waals surface area contributed by atoms with Gasteiger partial charge in [0.2, 0.25) is 0 Å². The highest BCUT2D eigenvalue weighted by Gasteiger charge is 2.67. The fraction of sp³-hybridized carbons (Fsp3) is 0.444. The Kier molecular flexibility index (Phi) is 9.19. The van der Waals surface area contributed by atoms with Crippen LogP contribution >= 0.6 is 11.6 Å². The molecule has 2 aromatic rings. The fourth-order valence-corrected chi connectivity index (χ4v) is 4.12. The highest BCUT2D eigenvalue weighted by Crippen LogP contribution is 2.50. The van der Waals surface area contributed by atoms with E-state index in [4.69, 9.17) is 21.1 Å². The zero-order valence-corrected chi connectivity index (χ0v) is 22.2. The minimum atomic E-state index is -3.09. The van der Waals surface area contributed by atoms with Crippen molar-refractivity contribution in [1.29, 1.82) is 0 Å². The SMILES string of the molecule is CC(C)(C)OC(=O)N1CC2(CN(C(=O)OCc3ccccc3)CC2(F)F)C1.O=C(Cl)OCc1ccccc1. The molecule has 0 radical (unpaired) electrons. The second kappa shape index (κ2) is 12.0. The summed E-state index contributed by atoms with van der Waals surface area (Å²) >= 11 is 4.97. The van der Waals surface area contributed by atoms with Gasteiger partial charge in [0.1, 0.15) is 18.8 Å². The van der Waals surface area contributed by atoms with Crippen molar-refractivity contribution >= 4 is 29.2 Å². The van der Waals surface area contributed by atoms with Gasteiger partial charge in [0, 0.05) is 31.2 Å². The van der Waals surface area contributed by atoms with Crippen LogP contribution in [0.1, 0.15) is 31.9 Å². The zero-order valence-electron chi connectivity index (χ0n) is 21.5. The van der Waals surface area contributed by atoms with Crippen LogP contribution in [0.3, 0.4) is 0 Å². The normalized spacial score (nSPS) is 17.1. The minimum Gasteiger partial charge on any atom is -0.449 e. The Hall–Kier alpha value is -3.40. The maximum absolute atomic E-state index is 14.6. The third-order valence-electron chi connectivity index (χ3n) is 5.96. The van der Waals surface area contributed by atoms with E-state index in [0.29, 0.717) is 0 Å². The van der Waals surface area contributed by atoms with Gasteiger partial charge in [0.25, 0.3) is 5.92 Å². The monoisotopic (exact) mass is 552 g/mol. The van der Waals surface area contributed by atoms with Gasteiger partial charge < -0.3 is 24.0 Å². The number of carbonyl (C=O) groups is 3. The van der Waals surface area contributed by atoms with Crippen molar-refractivity contribution in [1.82, 2.24) is 9.80 Å². The summed E-state index contributed by atoms with van der Waals surface area (Å²) in [5, 5.41) is 0. The quantitative estimate of drug-likeness (QED) is 0.338. The van der Waals surface area contributed by atoms with E-state index in [9.17, 15) is 23.2 Å². The van der Waals surface area contributed by atoms with Crippen LogP contribution in [0, 0.1) is 5.41 Å². The Morgan fingerprint density at radius 1 is 0.789 bits per heavy atom. The molecule has 0 aliphatic carbocycles. The van der Waals surface area contributed by atoms with Crippen molar-refractivity contribution in [2.75, 3.05) is 26.2 Å². The third kappa shape index (κ3) is 7.80. The van der Waals surface area contributed by atoms with E-state index in [1.165, 1.54) is 4.90 Å². The lowest BCUT2D eigenvalue weighted by Crippen LogP contribution is -2.66. The van der Waals surface area contributed by atoms with Crippen molar-refractivity contribution in [2.24, 2.45) is 5.41 Å². The van der Waals surface area contributed by atoms with Gasteiger partial charge in [0.05, 0.1) is 12.0 Å². The summed E-state index contributed by atoms with van der Waals surface area (Å²) in [5.41, 5.74) is -1.18. The summed E-state index contributed by atoms with van der Waals surface area (Å²) in [5.74, 6) is -3.09. The molecule has 2 aliphatic rings. The Morgan fingerprint density at radius 2 is 1.24 bits per heavy atom. The average molecular weight is 553 g/mol. The van der Waals surface area contributed by atoms with E-state index in [1.807, 2.05) is 48.5 Å². The molecule has 0 aromatic heterocycles. The zero-order chi connectivity index (χ0) is 28.0. The van der Waals surface area contributed by atoms with Crippen LogP contribution < -0.4 is 0 Å². The predicted molar refractivity (Wildman–Crippen MR) is 136 cm³/mol. The molecule has 2 heterocycles. The van der Waals surface area contributed by atoms with Gasteiger partial charge in [0.15, 0.2) is 0 Å². The van der Waals surface area contributed by atoms with Gasteiger partial charge in [-0.2, -0.15) is 0 Å². The summed E-state index contributed by atoms with van der Waals surface area (Å²) in [7, 11) is 0. The molecule has 0 bridgehead atoms. The lowest BCUT2D eigenvalue weighted by Gasteiger charge is -2.49. The molecule has 1 spiro atoms. The molecule has 2 aliphatic heterocycles. The summed E-state index contributed by atoms with van der Waals surface area (Å²) in [6, 6.07) is 18.4. The molecule has 4 rings (SSSR count). The van der Waals surface area contributed by atoms with Crippen molar-refractivity contribution < 1.29 is 37.4 Å². The minimum absolute atomic E-state index is 0.0266. The topological polar surface area (TPSA) is 85.4 Å². The van der Waals surface area contributed by atoms with Crippen LogP contribution in [0.25, 0.3) is 0 Å². The Morgan fingerprint density at radius 3 is 1.68 bits per heavy atom. The number of alkyl halides is 2. The Balaban J connectivity index is 0.000000304. The van der Waals surface area contributed by atoms with Crippen molar-refractivity contribution in [3.8, 4) is 0 Å². The Labute approximate surface area is 225 Å². The first-order chi connectivity index (χ1) is 17.8. The van der Waals surface area contributed by atoms with E-state index in [1.54, 1.807) is 32.9 Å². The van der Waals surface area contributed by atoms with Crippen molar-refractivity contribution in [3.05, 3.63) is 71.8 Å². The Bertz CT molecular complexity index is 1110. The van der Waals surface area contributed by atoms with Crippen LogP contribution in [-0.4, -0.2) is 65.1 Å². The molecule has 2 aromatic carbocycles. The molecule has 38 heavy (non-hydrogen) atoms. The van der Waals surface area contributed by atoms with Gasteiger partial charge in [-0.1, -0.05) is 60.7 Å². The van der Waals surface area contributed by atoms with Gasteiger partial charge in [-0.05, 0) is 31.9 Å². The first-order valence-corrected chi connectivity index (χ1v) is 12.4. The van der Waals surface area contributed by atoms with E-state index < -0.39 is 41.1 Å². The van der Waals surface area contributed by atoms with Crippen LogP contribution in [0.5, 0.6) is 0 Å². The van der Waals surface area contributed by atoms with Crippen LogP contribution in [-0.2, 0) is 27.4 Å². The number of rotatable bonds is 4. The first-order valence-electron chi connectivity index (χ1n) is 12.0. The van der Waals surface area contributed by atoms with Crippen LogP contribution in [0.4, 0.5) is 23.2 Å². The highest BCUT2D eigenvalue weighted by molar-refractivity contribution is 6.61. The van der Waals surface area contributed by atoms with Gasteiger partial charge >= 0.3 is 17.6 Å². The van der Waals surface area contributed by atoms with Crippen molar-refractivity contribution in [2.45, 2.75) is 45.5 Å². The van der Waals surface area contributed by atoms with Crippen molar-refractivity contribution in [3.63, 3.8) is 0 Å². The maximum Gasteiger partial charge on any atom is 0.410 e. The summed E-state index contributed by atoms with van der Waals surface area (Å²) in [4.78, 5) is 36.7. The van der Waals surface area contributed by atoms with E-state index >= 15 is 0 Å². The van der Waals surface area contributed by atoms with E-state index in [2.05, 4.69) is 4.74 Å². The molecule has 0 saturated carbocycles. The number of carbonyl (C=O) groups excluding carboxylic acids is 3. The lowest BCUT2D eigenvalue weighted by atomic mass is 9.76. The molecule has 0 N–H and O–H groups in total. The molecular weight excluding hydrogens is 522 g/mol. The number of halogens is 3. The number of ether oxygens (including phenoxy) is 3. The second-order valence-corrected chi connectivity index (χ2v) is 10.5. The second-order valence-electron chi connectivity index (χ2n) is 10.2. The molecule has 2 fully saturated rings. The smallest absolute Gasteiger partial charge is 0.410 e. The van der Waals surface area contributed by atoms with E-state index in [0.717, 1.165) is 16.0 Å². The highest BCUT2D eigenvalue weighted by atomic mass is 35.5. The van der Waals surface area contributed by atoms with Crippen LogP contribution in [0.2, 0.25) is 0 Å². The molecule has 8 nitrogen and oxygen atoms in total. The summed E-state index contributed by atoms with van der Waals surface area (Å²) in [6.07, 6.45) is -1.39. The molecule has 2 saturated heterocycles. The van der Waals surface area contributed by atoms with E-state index in [-0.39, 0.29) is 32.8 Å². The molecule has 0 unspecified atom stereocenters. The molecule has 11 heteroatoms. The number of likely N-dealkylation sites (tertiary alicyclic amines) is 2. The van der Waals surface area contributed by atoms with Gasteiger partial charge in [-0.25, -0.2) is 23.2 Å². The molecular formula is C27H31ClF2N2O6. The number of benzene rings is 2. The van der Waals surface area contributed by atoms with Crippen LogP contribution in [0.15, 0.2) is 60.7 Å². The maximum atomic E-state index is 14.6. The lowest BCUT2D eigenvalue weighted by molar-refractivity contribution is -0.151. The molecule has 206 valence electrons. The predicted octanol–water partition coefficient (Wildman–Crippen LogP) is 6.07. The van der Waals surface area contributed by atoms with Gasteiger partial charge in [-0.3, -0.25) is 0 Å². The number of hydrogen-bond acceptors (Lipinski definition) is 6. The average Bonchev–Trinajstić information content (AvgIpc) is 3.12. The largest absolute Gasteiger partial charge is 0.449 e. The summed E-state index contributed by atoms with van der Waals surface area (Å²) < 4.78 is 44.1. The third-order valence-corrected chi connectivity index (χ3v) is 6.07. The van der Waals surface area contributed by atoms with Gasteiger partial charge in [-0.15, -0.1) is 0 Å². The number of nitrogens with zero attached hydrogens (tertiary/aromatic N) is 2. The molecule has 0 atom stereocenters. The number of amides is 2. The summed E-state index contributed by atoms with van der Waals surface area (Å²) in [6.45, 7) is 4.28. The standard InChI is InChI=1S/C19H24F2N2O4.C8H7ClO2/c1-17(2,3)27-16(25)22-10-18(11-22)12-23(13-19(18,20)21)15(24)26-9-14-7-5-4-6-8-14;9-8(10)11-6-7-4-2-1-3-5-7/h4-8H,9-13H2,1-3H3;1-5H,6H2. The first kappa shape index (κ1) is 29.2. The molecule has 2 amide bonds.